The maximum Gasteiger partial charge on any atom is 0.435 e. The van der Waals surface area contributed by atoms with E-state index in [1.165, 1.54) is 6.07 Å². The number of nitrogens with one attached hydrogen (secondary N) is 2. The number of hydrogen-bond acceptors (Lipinski definition) is 6. The van der Waals surface area contributed by atoms with E-state index in [2.05, 4.69) is 20.1 Å². The van der Waals surface area contributed by atoms with Crippen molar-refractivity contribution >= 4 is 54.2 Å². The number of amides is 1. The second-order valence-corrected chi connectivity index (χ2v) is 11.2. The maximum absolute atomic E-state index is 13.3. The van der Waals surface area contributed by atoms with E-state index < -0.39 is 33.7 Å². The van der Waals surface area contributed by atoms with Crippen LogP contribution in [0.25, 0.3) is 15.9 Å². The van der Waals surface area contributed by atoms with Crippen LogP contribution in [-0.4, -0.2) is 35.3 Å². The molecule has 190 valence electrons. The minimum Gasteiger partial charge on any atom is -0.350 e. The summed E-state index contributed by atoms with van der Waals surface area (Å²) < 4.78 is 66.9. The normalized spacial score (nSPS) is 13.1. The first-order valence-corrected chi connectivity index (χ1v) is 13.5. The van der Waals surface area contributed by atoms with Crippen molar-refractivity contribution < 1.29 is 26.4 Å². The topological polar surface area (TPSA) is 106 Å². The molecule has 1 amide bonds. The summed E-state index contributed by atoms with van der Waals surface area (Å²) in [5, 5.41) is 6.86. The Morgan fingerprint density at radius 1 is 1.19 bits per heavy atom. The van der Waals surface area contributed by atoms with Gasteiger partial charge in [-0.2, -0.15) is 18.3 Å². The number of carbonyl (C=O) groups excluding carboxylic acids is 1. The maximum atomic E-state index is 13.3. The summed E-state index contributed by atoms with van der Waals surface area (Å²) in [7, 11) is -3.48. The number of aromatic nitrogens is 3. The van der Waals surface area contributed by atoms with Crippen LogP contribution in [0, 0.1) is 0 Å². The van der Waals surface area contributed by atoms with Gasteiger partial charge in [-0.1, -0.05) is 35.1 Å². The van der Waals surface area contributed by atoms with E-state index in [-0.39, 0.29) is 17.4 Å². The molecule has 0 spiro atoms. The van der Waals surface area contributed by atoms with Gasteiger partial charge in [-0.25, -0.2) is 18.1 Å². The second-order valence-electron chi connectivity index (χ2n) is 7.97. The van der Waals surface area contributed by atoms with Crippen LogP contribution in [-0.2, 0) is 27.5 Å². The van der Waals surface area contributed by atoms with Gasteiger partial charge in [0.25, 0.3) is 0 Å². The molecule has 2 aromatic heterocycles. The highest BCUT2D eigenvalue weighted by molar-refractivity contribution is 7.92. The largest absolute Gasteiger partial charge is 0.435 e. The summed E-state index contributed by atoms with van der Waals surface area (Å²) in [5.41, 5.74) is 0.555. The molecule has 0 aliphatic carbocycles. The molecule has 0 radical (unpaired) electrons. The molecular formula is C22H19ClF3N5O3S2. The van der Waals surface area contributed by atoms with Crippen LogP contribution in [0.5, 0.6) is 0 Å². The smallest absolute Gasteiger partial charge is 0.350 e. The minimum atomic E-state index is -4.66. The first-order valence-electron chi connectivity index (χ1n) is 10.4. The van der Waals surface area contributed by atoms with Gasteiger partial charge >= 0.3 is 6.18 Å². The Bertz CT molecular complexity index is 1550. The summed E-state index contributed by atoms with van der Waals surface area (Å²) in [6.45, 7) is 1.45. The van der Waals surface area contributed by atoms with Crippen LogP contribution in [0.2, 0.25) is 5.02 Å². The standard InChI is InChI=1S/C22H19ClF3N5O3S2/c1-12(13-6-7-17-18(8-13)35-21(28-17)30-36(2,33)34)20(32)27-11-16-10-19(22(24,25)26)29-31(16)15-5-3-4-14(23)9-15/h3-10,12H,11H2,1-2H3,(H,27,32)(H,28,30). The van der Waals surface area contributed by atoms with E-state index >= 15 is 0 Å². The van der Waals surface area contributed by atoms with Gasteiger partial charge in [0.15, 0.2) is 10.8 Å². The lowest BCUT2D eigenvalue weighted by Gasteiger charge is -2.13. The number of alkyl halides is 3. The lowest BCUT2D eigenvalue weighted by atomic mass is 10.0. The molecule has 14 heteroatoms. The van der Waals surface area contributed by atoms with Gasteiger partial charge in [0, 0.05) is 5.02 Å². The van der Waals surface area contributed by atoms with Crippen LogP contribution in [0.4, 0.5) is 18.3 Å². The minimum absolute atomic E-state index is 0.125. The Kier molecular flexibility index (Phi) is 6.99. The Morgan fingerprint density at radius 2 is 1.94 bits per heavy atom. The molecule has 0 bridgehead atoms. The summed E-state index contributed by atoms with van der Waals surface area (Å²) in [6.07, 6.45) is -3.64. The van der Waals surface area contributed by atoms with Crippen molar-refractivity contribution in [2.45, 2.75) is 25.6 Å². The van der Waals surface area contributed by atoms with Crippen molar-refractivity contribution in [3.05, 3.63) is 70.5 Å². The zero-order valence-electron chi connectivity index (χ0n) is 18.8. The first-order chi connectivity index (χ1) is 16.8. The van der Waals surface area contributed by atoms with Crippen molar-refractivity contribution in [1.82, 2.24) is 20.1 Å². The molecule has 0 aliphatic heterocycles. The Balaban J connectivity index is 1.54. The lowest BCUT2D eigenvalue weighted by molar-refractivity contribution is -0.141. The van der Waals surface area contributed by atoms with Crippen molar-refractivity contribution in [1.29, 1.82) is 0 Å². The van der Waals surface area contributed by atoms with Crippen LogP contribution in [0.15, 0.2) is 48.5 Å². The van der Waals surface area contributed by atoms with Gasteiger partial charge in [0.1, 0.15) is 0 Å². The number of fused-ring (bicyclic) bond motifs is 1. The average Bonchev–Trinajstić information content (AvgIpc) is 3.38. The highest BCUT2D eigenvalue weighted by Gasteiger charge is 2.35. The van der Waals surface area contributed by atoms with Crippen molar-refractivity contribution in [2.75, 3.05) is 11.0 Å². The first kappa shape index (κ1) is 25.9. The molecular weight excluding hydrogens is 539 g/mol. The number of halogens is 4. The molecule has 2 aromatic carbocycles. The zero-order valence-corrected chi connectivity index (χ0v) is 21.2. The Hall–Kier alpha value is -3.16. The van der Waals surface area contributed by atoms with Crippen LogP contribution < -0.4 is 10.0 Å². The summed E-state index contributed by atoms with van der Waals surface area (Å²) in [6, 6.07) is 12.2. The number of carbonyl (C=O) groups is 1. The lowest BCUT2D eigenvalue weighted by Crippen LogP contribution is -2.28. The monoisotopic (exact) mass is 557 g/mol. The number of thiazole rings is 1. The van der Waals surface area contributed by atoms with E-state index in [0.717, 1.165) is 28.3 Å². The fraction of sp³-hybridized carbons (Fsp3) is 0.227. The van der Waals surface area contributed by atoms with Crippen molar-refractivity contribution in [3.8, 4) is 5.69 Å². The number of hydrogen-bond donors (Lipinski definition) is 2. The van der Waals surface area contributed by atoms with Gasteiger partial charge in [-0.15, -0.1) is 0 Å². The van der Waals surface area contributed by atoms with Crippen molar-refractivity contribution in [2.24, 2.45) is 0 Å². The van der Waals surface area contributed by atoms with E-state index in [4.69, 9.17) is 11.6 Å². The van der Waals surface area contributed by atoms with Gasteiger partial charge in [-0.05, 0) is 48.9 Å². The van der Waals surface area contributed by atoms with Gasteiger partial charge in [0.2, 0.25) is 15.9 Å². The number of benzene rings is 2. The zero-order chi connectivity index (χ0) is 26.3. The number of sulfonamides is 1. The molecule has 4 aromatic rings. The molecule has 0 fully saturated rings. The van der Waals surface area contributed by atoms with E-state index in [1.807, 2.05) is 0 Å². The van der Waals surface area contributed by atoms with E-state index in [1.54, 1.807) is 43.3 Å². The SMILES string of the molecule is CC(C(=O)NCc1cc(C(F)(F)F)nn1-c1cccc(Cl)c1)c1ccc2nc(NS(C)(=O)=O)sc2c1. The molecule has 1 atom stereocenters. The Morgan fingerprint density at radius 3 is 2.61 bits per heavy atom. The van der Waals surface area contributed by atoms with Gasteiger partial charge in [-0.3, -0.25) is 9.52 Å². The number of nitrogens with zero attached hydrogens (tertiary/aromatic N) is 3. The molecule has 4 rings (SSSR count). The van der Waals surface area contributed by atoms with Crippen molar-refractivity contribution in [3.63, 3.8) is 0 Å². The second kappa shape index (κ2) is 9.71. The third-order valence-electron chi connectivity index (χ3n) is 5.15. The molecule has 0 saturated carbocycles. The van der Waals surface area contributed by atoms with Crippen LogP contribution >= 0.6 is 22.9 Å². The molecule has 1 unspecified atom stereocenters. The third-order valence-corrected chi connectivity index (χ3v) is 7.01. The van der Waals surface area contributed by atoms with E-state index in [0.29, 0.717) is 26.5 Å². The predicted octanol–water partition coefficient (Wildman–Crippen LogP) is 4.95. The number of anilines is 1. The molecule has 36 heavy (non-hydrogen) atoms. The Labute approximate surface area is 213 Å². The molecule has 2 N–H and O–H groups in total. The van der Waals surface area contributed by atoms with Crippen LogP contribution in [0.3, 0.4) is 0 Å². The average molecular weight is 558 g/mol. The molecule has 8 nitrogen and oxygen atoms in total. The quantitative estimate of drug-likeness (QED) is 0.335. The van der Waals surface area contributed by atoms with Crippen LogP contribution in [0.1, 0.15) is 29.8 Å². The molecule has 0 aliphatic rings. The molecule has 0 saturated heterocycles. The summed E-state index contributed by atoms with van der Waals surface area (Å²) in [5.74, 6) is -1.06. The molecule has 2 heterocycles. The van der Waals surface area contributed by atoms with Gasteiger partial charge in [0.05, 0.1) is 40.3 Å². The van der Waals surface area contributed by atoms with Gasteiger partial charge < -0.3 is 5.32 Å². The fourth-order valence-electron chi connectivity index (χ4n) is 3.41. The fourth-order valence-corrected chi connectivity index (χ4v) is 5.34. The predicted molar refractivity (Wildman–Crippen MR) is 132 cm³/mol. The highest BCUT2D eigenvalue weighted by Crippen LogP contribution is 2.31. The summed E-state index contributed by atoms with van der Waals surface area (Å²) in [4.78, 5) is 17.1. The highest BCUT2D eigenvalue weighted by atomic mass is 35.5. The number of rotatable bonds is 7. The third kappa shape index (κ3) is 5.97. The van der Waals surface area contributed by atoms with E-state index in [9.17, 15) is 26.4 Å². The summed E-state index contributed by atoms with van der Waals surface area (Å²) >= 11 is 7.11.